The predicted octanol–water partition coefficient (Wildman–Crippen LogP) is 4.20. The standard InChI is InChI=1S/C16H23FO/c17-16(11-12-18,15-9-5-2-6-10-15)13-14-7-3-1-4-8-14/h2,5-6,9-10,14,18H,1,3-4,7-8,11-13H2/t16-/m0/s1. The zero-order chi connectivity index (χ0) is 12.8. The fourth-order valence-electron chi connectivity index (χ4n) is 3.13. The highest BCUT2D eigenvalue weighted by molar-refractivity contribution is 5.22. The van der Waals surface area contributed by atoms with Crippen molar-refractivity contribution in [3.05, 3.63) is 35.9 Å². The molecule has 1 atom stereocenters. The van der Waals surface area contributed by atoms with E-state index in [1.165, 1.54) is 19.3 Å². The molecule has 1 aliphatic rings. The number of halogens is 1. The van der Waals surface area contributed by atoms with Gasteiger partial charge in [-0.2, -0.15) is 0 Å². The highest BCUT2D eigenvalue weighted by Crippen LogP contribution is 2.40. The Kier molecular flexibility index (Phi) is 4.76. The normalized spacial score (nSPS) is 20.6. The van der Waals surface area contributed by atoms with Crippen LogP contribution in [0.2, 0.25) is 0 Å². The van der Waals surface area contributed by atoms with Gasteiger partial charge in [0.2, 0.25) is 0 Å². The molecule has 1 nitrogen and oxygen atoms in total. The molecule has 1 N–H and O–H groups in total. The molecule has 0 radical (unpaired) electrons. The summed E-state index contributed by atoms with van der Waals surface area (Å²) in [6.07, 6.45) is 6.82. The average Bonchev–Trinajstić information content (AvgIpc) is 2.41. The second kappa shape index (κ2) is 6.33. The fraction of sp³-hybridized carbons (Fsp3) is 0.625. The molecule has 0 heterocycles. The highest BCUT2D eigenvalue weighted by Gasteiger charge is 2.34. The summed E-state index contributed by atoms with van der Waals surface area (Å²) < 4.78 is 15.1. The van der Waals surface area contributed by atoms with Gasteiger partial charge in [0, 0.05) is 13.0 Å². The van der Waals surface area contributed by atoms with Gasteiger partial charge in [0.05, 0.1) is 0 Å². The molecule has 1 saturated carbocycles. The van der Waals surface area contributed by atoms with Crippen molar-refractivity contribution in [2.75, 3.05) is 6.61 Å². The van der Waals surface area contributed by atoms with Crippen molar-refractivity contribution in [3.8, 4) is 0 Å². The second-order valence-electron chi connectivity index (χ2n) is 5.51. The molecule has 2 heteroatoms. The van der Waals surface area contributed by atoms with Gasteiger partial charge in [-0.05, 0) is 17.9 Å². The molecule has 0 amide bonds. The lowest BCUT2D eigenvalue weighted by Gasteiger charge is -2.31. The third-order valence-corrected chi connectivity index (χ3v) is 4.14. The van der Waals surface area contributed by atoms with Crippen molar-refractivity contribution in [2.24, 2.45) is 5.92 Å². The van der Waals surface area contributed by atoms with E-state index in [1.807, 2.05) is 30.3 Å². The molecule has 0 aliphatic heterocycles. The molecular formula is C16H23FO. The highest BCUT2D eigenvalue weighted by atomic mass is 19.1. The first-order valence-electron chi connectivity index (χ1n) is 7.10. The van der Waals surface area contributed by atoms with E-state index in [9.17, 15) is 0 Å². The monoisotopic (exact) mass is 250 g/mol. The van der Waals surface area contributed by atoms with Gasteiger partial charge in [0.25, 0.3) is 0 Å². The minimum atomic E-state index is -1.35. The minimum Gasteiger partial charge on any atom is -0.396 e. The van der Waals surface area contributed by atoms with Gasteiger partial charge in [-0.15, -0.1) is 0 Å². The molecule has 0 spiro atoms. The van der Waals surface area contributed by atoms with Gasteiger partial charge >= 0.3 is 0 Å². The maximum Gasteiger partial charge on any atom is 0.138 e. The first-order valence-corrected chi connectivity index (χ1v) is 7.10. The number of rotatable bonds is 5. The topological polar surface area (TPSA) is 20.2 Å². The number of aliphatic hydroxyl groups excluding tert-OH is 1. The molecule has 0 saturated heterocycles. The Morgan fingerprint density at radius 3 is 2.39 bits per heavy atom. The van der Waals surface area contributed by atoms with E-state index in [4.69, 9.17) is 5.11 Å². The van der Waals surface area contributed by atoms with Gasteiger partial charge in [-0.1, -0.05) is 62.4 Å². The summed E-state index contributed by atoms with van der Waals surface area (Å²) in [5.74, 6) is 0.482. The molecule has 0 unspecified atom stereocenters. The zero-order valence-corrected chi connectivity index (χ0v) is 10.9. The van der Waals surface area contributed by atoms with Crippen molar-refractivity contribution >= 4 is 0 Å². The Balaban J connectivity index is 2.10. The first-order chi connectivity index (χ1) is 8.74. The lowest BCUT2D eigenvalue weighted by Crippen LogP contribution is -2.26. The molecule has 1 aromatic rings. The molecule has 0 bridgehead atoms. The van der Waals surface area contributed by atoms with Crippen LogP contribution in [0.5, 0.6) is 0 Å². The van der Waals surface area contributed by atoms with E-state index in [0.717, 1.165) is 18.4 Å². The SMILES string of the molecule is OCC[C@](F)(CC1CCCCC1)c1ccccc1. The van der Waals surface area contributed by atoms with Crippen molar-refractivity contribution in [3.63, 3.8) is 0 Å². The summed E-state index contributed by atoms with van der Waals surface area (Å²) in [7, 11) is 0. The maximum atomic E-state index is 15.1. The van der Waals surface area contributed by atoms with Crippen LogP contribution in [0, 0.1) is 5.92 Å². The lowest BCUT2D eigenvalue weighted by molar-refractivity contribution is 0.0740. The summed E-state index contributed by atoms with van der Waals surface area (Å²) in [6, 6.07) is 9.35. The third kappa shape index (κ3) is 3.32. The Hall–Kier alpha value is -0.890. The molecule has 1 aliphatic carbocycles. The molecule has 1 fully saturated rings. The quantitative estimate of drug-likeness (QED) is 0.830. The summed E-state index contributed by atoms with van der Waals surface area (Å²) in [4.78, 5) is 0. The van der Waals surface area contributed by atoms with Crippen LogP contribution in [0.4, 0.5) is 4.39 Å². The van der Waals surface area contributed by atoms with Crippen molar-refractivity contribution in [2.45, 2.75) is 50.6 Å². The van der Waals surface area contributed by atoms with Crippen LogP contribution in [0.1, 0.15) is 50.5 Å². The lowest BCUT2D eigenvalue weighted by atomic mass is 9.78. The van der Waals surface area contributed by atoms with E-state index in [2.05, 4.69) is 0 Å². The number of hydrogen-bond acceptors (Lipinski definition) is 1. The van der Waals surface area contributed by atoms with Crippen LogP contribution in [0.3, 0.4) is 0 Å². The smallest absolute Gasteiger partial charge is 0.138 e. The summed E-state index contributed by atoms with van der Waals surface area (Å²) >= 11 is 0. The third-order valence-electron chi connectivity index (χ3n) is 4.14. The summed E-state index contributed by atoms with van der Waals surface area (Å²) in [6.45, 7) is -0.0852. The van der Waals surface area contributed by atoms with E-state index < -0.39 is 5.67 Å². The van der Waals surface area contributed by atoms with Crippen molar-refractivity contribution < 1.29 is 9.50 Å². The molecule has 2 rings (SSSR count). The Morgan fingerprint density at radius 1 is 1.11 bits per heavy atom. The van der Waals surface area contributed by atoms with Crippen LogP contribution < -0.4 is 0 Å². The maximum absolute atomic E-state index is 15.1. The molecule has 1 aromatic carbocycles. The van der Waals surface area contributed by atoms with Crippen molar-refractivity contribution in [1.82, 2.24) is 0 Å². The Labute approximate surface area is 109 Å². The fourth-order valence-corrected chi connectivity index (χ4v) is 3.13. The number of hydrogen-bond donors (Lipinski definition) is 1. The Bertz CT molecular complexity index is 345. The zero-order valence-electron chi connectivity index (χ0n) is 10.9. The first kappa shape index (κ1) is 13.5. The van der Waals surface area contributed by atoms with Gasteiger partial charge in [0.15, 0.2) is 0 Å². The van der Waals surface area contributed by atoms with E-state index >= 15 is 4.39 Å². The Morgan fingerprint density at radius 2 is 1.78 bits per heavy atom. The molecular weight excluding hydrogens is 227 g/mol. The average molecular weight is 250 g/mol. The van der Waals surface area contributed by atoms with E-state index in [0.29, 0.717) is 12.3 Å². The minimum absolute atomic E-state index is 0.0852. The van der Waals surface area contributed by atoms with Gasteiger partial charge in [0.1, 0.15) is 5.67 Å². The molecule has 100 valence electrons. The van der Waals surface area contributed by atoms with Crippen LogP contribution in [0.15, 0.2) is 30.3 Å². The van der Waals surface area contributed by atoms with E-state index in [-0.39, 0.29) is 13.0 Å². The van der Waals surface area contributed by atoms with E-state index in [1.54, 1.807) is 0 Å². The summed E-state index contributed by atoms with van der Waals surface area (Å²) in [5, 5.41) is 9.15. The van der Waals surface area contributed by atoms with Crippen LogP contribution in [-0.2, 0) is 5.67 Å². The number of alkyl halides is 1. The number of benzene rings is 1. The van der Waals surface area contributed by atoms with Crippen molar-refractivity contribution in [1.29, 1.82) is 0 Å². The number of aliphatic hydroxyl groups is 1. The summed E-state index contributed by atoms with van der Waals surface area (Å²) in [5.41, 5.74) is -0.623. The van der Waals surface area contributed by atoms with Gasteiger partial charge in [-0.3, -0.25) is 0 Å². The molecule has 0 aromatic heterocycles. The van der Waals surface area contributed by atoms with Crippen LogP contribution in [-0.4, -0.2) is 11.7 Å². The second-order valence-corrected chi connectivity index (χ2v) is 5.51. The van der Waals surface area contributed by atoms with Gasteiger partial charge < -0.3 is 5.11 Å². The molecule has 18 heavy (non-hydrogen) atoms. The van der Waals surface area contributed by atoms with Crippen LogP contribution >= 0.6 is 0 Å². The van der Waals surface area contributed by atoms with Gasteiger partial charge in [-0.25, -0.2) is 4.39 Å². The van der Waals surface area contributed by atoms with Crippen LogP contribution in [0.25, 0.3) is 0 Å². The largest absolute Gasteiger partial charge is 0.396 e. The predicted molar refractivity (Wildman–Crippen MR) is 72.1 cm³/mol.